The number of nitrogens with one attached hydrogen (secondary N) is 3. The molecule has 0 saturated carbocycles. The van der Waals surface area contributed by atoms with Crippen molar-refractivity contribution in [2.45, 2.75) is 253 Å². The van der Waals surface area contributed by atoms with Crippen molar-refractivity contribution in [3.8, 4) is 0 Å². The average molecular weight is 1070 g/mol. The molecule has 0 fully saturated rings. The van der Waals surface area contributed by atoms with E-state index in [4.69, 9.17) is 15.1 Å². The van der Waals surface area contributed by atoms with E-state index in [0.29, 0.717) is 12.3 Å². The third-order valence-electron chi connectivity index (χ3n) is 14.7. The fourth-order valence-corrected chi connectivity index (χ4v) is 9.43. The first-order valence-electron chi connectivity index (χ1n) is 31.5. The first kappa shape index (κ1) is 79.2. The van der Waals surface area contributed by atoms with Gasteiger partial charge in [0.25, 0.3) is 0 Å². The molecule has 21 heteroatoms. The van der Waals surface area contributed by atoms with Crippen LogP contribution in [0.3, 0.4) is 0 Å². The minimum atomic E-state index is -0.471. The summed E-state index contributed by atoms with van der Waals surface area (Å²) in [7, 11) is 3.50. The standard InChI is InChI=1S/C53H118B4N8O5.2CH3BO/c1-54(67)62(5)44-36-48-64(56(3)69)46-34-32-41-59-50-52(51-60-42-33-35-47-65(57(4)70)49-37-45-63(6)55(2)68)38-28-25-27-31-43-61-53(66)39-29-24-22-20-18-16-14-12-10-8-7-9-11-13-15-17-19-21-23-26-30-40-58;2*1-2-3/h52,59-60,67-70H,7-51,58H2,1-6H3,(H,61,66);2*1H3. The second-order valence-electron chi connectivity index (χ2n) is 21.9. The van der Waals surface area contributed by atoms with Crippen molar-refractivity contribution in [2.24, 2.45) is 11.7 Å². The number of nitrogens with two attached hydrogens (primary N) is 1. The van der Waals surface area contributed by atoms with Crippen LogP contribution in [0.15, 0.2) is 0 Å². The summed E-state index contributed by atoms with van der Waals surface area (Å²) >= 11 is 0. The Balaban J connectivity index is -0.00000843. The fraction of sp³-hybridized carbons (Fsp3) is 0.982. The van der Waals surface area contributed by atoms with E-state index in [1.165, 1.54) is 161 Å². The molecular formula is C55H124B6N8O7. The topological polar surface area (TPSA) is 207 Å². The van der Waals surface area contributed by atoms with Crippen molar-refractivity contribution in [3.63, 3.8) is 0 Å². The second-order valence-corrected chi connectivity index (χ2v) is 21.9. The van der Waals surface area contributed by atoms with Crippen LogP contribution in [0.1, 0.15) is 212 Å². The van der Waals surface area contributed by atoms with Gasteiger partial charge in [0.1, 0.15) is 0 Å². The van der Waals surface area contributed by atoms with Gasteiger partial charge in [-0.1, -0.05) is 141 Å². The molecule has 0 rings (SSSR count). The van der Waals surface area contributed by atoms with Crippen LogP contribution >= 0.6 is 0 Å². The molecule has 0 aliphatic rings. The Kier molecular flexibility index (Phi) is 65.9. The van der Waals surface area contributed by atoms with Crippen molar-refractivity contribution < 1.29 is 34.3 Å². The summed E-state index contributed by atoms with van der Waals surface area (Å²) in [6, 6.07) is 0. The number of nitrogens with zero attached hydrogens (tertiary/aromatic N) is 4. The van der Waals surface area contributed by atoms with E-state index in [1.807, 2.05) is 37.4 Å². The van der Waals surface area contributed by atoms with Crippen LogP contribution in [0.25, 0.3) is 0 Å². The molecule has 0 radical (unpaired) electrons. The maximum atomic E-state index is 12.5. The van der Waals surface area contributed by atoms with Crippen LogP contribution in [-0.2, 0) is 14.2 Å². The normalized spacial score (nSPS) is 11.2. The van der Waals surface area contributed by atoms with Gasteiger partial charge in [-0.05, 0) is 184 Å². The molecule has 0 saturated heterocycles. The summed E-state index contributed by atoms with van der Waals surface area (Å²) in [5.41, 5.74) is 5.57. The molecule has 76 heavy (non-hydrogen) atoms. The number of carbonyl (C=O) groups excluding carboxylic acids is 1. The minimum absolute atomic E-state index is 0.222. The summed E-state index contributed by atoms with van der Waals surface area (Å²) in [5.74, 6) is 0.774. The number of hydrogen-bond acceptors (Lipinski definition) is 14. The van der Waals surface area contributed by atoms with Gasteiger partial charge in [-0.25, -0.2) is 0 Å². The Morgan fingerprint density at radius 2 is 0.737 bits per heavy atom. The predicted molar refractivity (Wildman–Crippen MR) is 332 cm³/mol. The van der Waals surface area contributed by atoms with Crippen molar-refractivity contribution in [1.82, 2.24) is 35.2 Å². The van der Waals surface area contributed by atoms with Gasteiger partial charge in [-0.2, -0.15) is 0 Å². The quantitative estimate of drug-likeness (QED) is 0.0212. The van der Waals surface area contributed by atoms with Gasteiger partial charge in [0, 0.05) is 13.0 Å². The van der Waals surface area contributed by atoms with E-state index < -0.39 is 28.2 Å². The molecule has 1 amide bonds. The number of hydrogen-bond donors (Lipinski definition) is 8. The number of amides is 1. The van der Waals surface area contributed by atoms with Crippen molar-refractivity contribution in [3.05, 3.63) is 0 Å². The molecule has 0 aliphatic carbocycles. The van der Waals surface area contributed by atoms with E-state index in [2.05, 4.69) is 25.6 Å². The third kappa shape index (κ3) is 60.7. The number of unbranched alkanes of at least 4 members (excludes halogenated alkanes) is 25. The van der Waals surface area contributed by atoms with Crippen molar-refractivity contribution in [2.75, 3.05) is 92.6 Å². The zero-order valence-corrected chi connectivity index (χ0v) is 51.2. The molecule has 444 valence electrons. The van der Waals surface area contributed by atoms with Crippen LogP contribution in [0.4, 0.5) is 0 Å². The van der Waals surface area contributed by atoms with Gasteiger partial charge >= 0.3 is 65.6 Å². The van der Waals surface area contributed by atoms with Gasteiger partial charge in [-0.3, -0.25) is 4.79 Å². The summed E-state index contributed by atoms with van der Waals surface area (Å²) in [6.45, 7) is 20.7. The molecule has 15 nitrogen and oxygen atoms in total. The van der Waals surface area contributed by atoms with Crippen molar-refractivity contribution in [1.29, 1.82) is 0 Å². The Labute approximate surface area is 473 Å². The Morgan fingerprint density at radius 1 is 0.434 bits per heavy atom. The summed E-state index contributed by atoms with van der Waals surface area (Å²) in [5, 5.41) is 50.8. The number of carbonyl (C=O) groups is 1. The van der Waals surface area contributed by atoms with Gasteiger partial charge in [0.05, 0.1) is 0 Å². The van der Waals surface area contributed by atoms with E-state index in [0.717, 1.165) is 151 Å². The molecular weight excluding hydrogens is 950 g/mol. The average Bonchev–Trinajstić information content (AvgIpc) is 3.38. The Hall–Kier alpha value is -0.980. The fourth-order valence-electron chi connectivity index (χ4n) is 9.43. The number of rotatable bonds is 56. The van der Waals surface area contributed by atoms with E-state index in [1.54, 1.807) is 13.6 Å². The van der Waals surface area contributed by atoms with Crippen LogP contribution in [0, 0.1) is 5.92 Å². The molecule has 0 atom stereocenters. The monoisotopic (exact) mass is 1080 g/mol. The zero-order chi connectivity index (χ0) is 57.1. The molecule has 0 heterocycles. The predicted octanol–water partition coefficient (Wildman–Crippen LogP) is 8.81. The van der Waals surface area contributed by atoms with Crippen LogP contribution in [-0.4, -0.2) is 180 Å². The van der Waals surface area contributed by atoms with Gasteiger partial charge < -0.3 is 61.0 Å². The molecule has 0 aromatic carbocycles. The summed E-state index contributed by atoms with van der Waals surface area (Å²) in [4.78, 5) is 20.6. The van der Waals surface area contributed by atoms with Gasteiger partial charge in [0.2, 0.25) is 5.91 Å². The van der Waals surface area contributed by atoms with Crippen LogP contribution in [0.5, 0.6) is 0 Å². The van der Waals surface area contributed by atoms with Gasteiger partial charge in [-0.15, -0.1) is 0 Å². The van der Waals surface area contributed by atoms with Crippen LogP contribution in [0.2, 0.25) is 40.9 Å². The SMILES string of the molecule is CB(O)N(C)CCCN(CCCCNCC(CCCCCCNC(=O)CCCCCCCCCCCCCCCCCCCCCCCN)CNCCCCN(CCCN(C)B(C)O)B(C)O)B(C)O.CB=O.CB=O. The van der Waals surface area contributed by atoms with E-state index in [-0.39, 0.29) is 5.91 Å². The molecule has 0 spiro atoms. The van der Waals surface area contributed by atoms with Crippen LogP contribution < -0.4 is 21.7 Å². The zero-order valence-electron chi connectivity index (χ0n) is 51.2. The van der Waals surface area contributed by atoms with E-state index in [9.17, 15) is 24.9 Å². The first-order valence-corrected chi connectivity index (χ1v) is 31.5. The maximum absolute atomic E-state index is 12.5. The molecule has 9 N–H and O–H groups in total. The summed E-state index contributed by atoms with van der Waals surface area (Å²) in [6.07, 6.45) is 40.8. The first-order chi connectivity index (χ1) is 36.7. The molecule has 0 aliphatic heterocycles. The summed E-state index contributed by atoms with van der Waals surface area (Å²) < 4.78 is 17.6. The second kappa shape index (κ2) is 63.2. The van der Waals surface area contributed by atoms with Crippen molar-refractivity contribution >= 4 is 48.4 Å². The Morgan fingerprint density at radius 3 is 1.08 bits per heavy atom. The molecule has 0 aromatic rings. The molecule has 0 aromatic heterocycles. The third-order valence-corrected chi connectivity index (χ3v) is 14.7. The Bertz CT molecular complexity index is 1150. The molecule has 0 bridgehead atoms. The molecule has 0 unspecified atom stereocenters. The van der Waals surface area contributed by atoms with Gasteiger partial charge in [0.15, 0.2) is 0 Å². The van der Waals surface area contributed by atoms with E-state index >= 15 is 0 Å².